The van der Waals surface area contributed by atoms with Crippen LogP contribution in [0.2, 0.25) is 0 Å². The average molecular weight is 353 g/mol. The number of hydrogen-bond acceptors (Lipinski definition) is 8. The maximum atomic E-state index is 11.8. The Balaban J connectivity index is 1.47. The maximum absolute atomic E-state index is 11.8. The van der Waals surface area contributed by atoms with Gasteiger partial charge in [0.05, 0.1) is 5.04 Å². The van der Waals surface area contributed by atoms with Crippen LogP contribution in [0.5, 0.6) is 5.75 Å². The van der Waals surface area contributed by atoms with Gasteiger partial charge in [-0.2, -0.15) is 0 Å². The lowest BCUT2D eigenvalue weighted by Crippen LogP contribution is -2.56. The first-order valence-corrected chi connectivity index (χ1v) is 8.48. The van der Waals surface area contributed by atoms with E-state index in [9.17, 15) is 15.0 Å². The van der Waals surface area contributed by atoms with Crippen molar-refractivity contribution in [1.29, 1.82) is 0 Å². The van der Waals surface area contributed by atoms with Gasteiger partial charge in [0.1, 0.15) is 42.1 Å². The number of para-hydroxylation sites is 1. The first-order valence-electron chi connectivity index (χ1n) is 7.60. The van der Waals surface area contributed by atoms with Gasteiger partial charge in [0.2, 0.25) is 0 Å². The number of aliphatic hydroxyl groups excluding tert-OH is 2. The van der Waals surface area contributed by atoms with Gasteiger partial charge in [-0.3, -0.25) is 4.99 Å². The first kappa shape index (κ1) is 17.2. The van der Waals surface area contributed by atoms with Crippen molar-refractivity contribution < 1.29 is 29.2 Å². The second kappa shape index (κ2) is 7.52. The van der Waals surface area contributed by atoms with Crippen LogP contribution in [-0.4, -0.2) is 64.2 Å². The van der Waals surface area contributed by atoms with Crippen molar-refractivity contribution in [3.05, 3.63) is 30.3 Å². The van der Waals surface area contributed by atoms with Gasteiger partial charge in [-0.25, -0.2) is 4.79 Å². The average Bonchev–Trinajstić information content (AvgIpc) is 2.96. The van der Waals surface area contributed by atoms with Crippen LogP contribution in [0.4, 0.5) is 0 Å². The van der Waals surface area contributed by atoms with Gasteiger partial charge in [-0.1, -0.05) is 30.0 Å². The molecule has 2 aliphatic rings. The van der Waals surface area contributed by atoms with E-state index in [4.69, 9.17) is 14.2 Å². The highest BCUT2D eigenvalue weighted by Gasteiger charge is 2.47. The highest BCUT2D eigenvalue weighted by atomic mass is 32.2. The fraction of sp³-hybridized carbons (Fsp3) is 0.500. The number of carbonyl (C=O) groups excluding carboxylic acids is 1. The van der Waals surface area contributed by atoms with Crippen molar-refractivity contribution in [3.8, 4) is 5.75 Å². The quantitative estimate of drug-likeness (QED) is 0.748. The monoisotopic (exact) mass is 353 g/mol. The summed E-state index contributed by atoms with van der Waals surface area (Å²) in [6.07, 6.45) is -3.00. The Morgan fingerprint density at radius 3 is 2.79 bits per heavy atom. The number of rotatable bonds is 5. The molecular formula is C16H19NO6S. The molecular weight excluding hydrogens is 334 g/mol. The fourth-order valence-corrected chi connectivity index (χ4v) is 3.65. The minimum atomic E-state index is -1.16. The van der Waals surface area contributed by atoms with E-state index in [1.165, 1.54) is 11.8 Å². The number of hydrogen-bond donors (Lipinski definition) is 2. The maximum Gasteiger partial charge on any atom is 0.344 e. The Morgan fingerprint density at radius 2 is 2.04 bits per heavy atom. The number of carbonyl (C=O) groups is 1. The van der Waals surface area contributed by atoms with E-state index in [0.717, 1.165) is 5.04 Å². The summed E-state index contributed by atoms with van der Waals surface area (Å²) in [6, 6.07) is 8.42. The Hall–Kier alpha value is -1.61. The lowest BCUT2D eigenvalue weighted by molar-refractivity contribution is -0.179. The summed E-state index contributed by atoms with van der Waals surface area (Å²) < 4.78 is 16.1. The van der Waals surface area contributed by atoms with Crippen molar-refractivity contribution in [2.45, 2.75) is 36.7 Å². The smallest absolute Gasteiger partial charge is 0.344 e. The van der Waals surface area contributed by atoms with Crippen LogP contribution in [0.25, 0.3) is 0 Å². The number of fused-ring (bicyclic) bond motifs is 1. The molecule has 0 radical (unpaired) electrons. The minimum Gasteiger partial charge on any atom is -0.482 e. The molecule has 8 heteroatoms. The zero-order valence-corrected chi connectivity index (χ0v) is 13.9. The highest BCUT2D eigenvalue weighted by Crippen LogP contribution is 2.36. The topological polar surface area (TPSA) is 97.6 Å². The first-order chi connectivity index (χ1) is 11.5. The third-order valence-corrected chi connectivity index (χ3v) is 4.86. The molecule has 3 rings (SSSR count). The Morgan fingerprint density at radius 1 is 1.29 bits per heavy atom. The summed E-state index contributed by atoms with van der Waals surface area (Å²) in [6.45, 7) is 1.43. The number of benzene rings is 1. The van der Waals surface area contributed by atoms with E-state index in [1.54, 1.807) is 24.3 Å². The van der Waals surface area contributed by atoms with Crippen LogP contribution in [0, 0.1) is 0 Å². The van der Waals surface area contributed by atoms with Crippen molar-refractivity contribution >= 4 is 22.8 Å². The molecule has 1 saturated heterocycles. The lowest BCUT2D eigenvalue weighted by Gasteiger charge is -2.37. The van der Waals surface area contributed by atoms with Gasteiger partial charge in [0.15, 0.2) is 6.61 Å². The number of esters is 1. The molecule has 1 fully saturated rings. The van der Waals surface area contributed by atoms with E-state index in [1.807, 2.05) is 13.0 Å². The van der Waals surface area contributed by atoms with Gasteiger partial charge in [-0.15, -0.1) is 0 Å². The van der Waals surface area contributed by atoms with Gasteiger partial charge < -0.3 is 24.4 Å². The third kappa shape index (κ3) is 3.89. The Bertz CT molecular complexity index is 610. The fourth-order valence-electron chi connectivity index (χ4n) is 2.57. The molecule has 24 heavy (non-hydrogen) atoms. The molecule has 2 aliphatic heterocycles. The summed E-state index contributed by atoms with van der Waals surface area (Å²) in [5.41, 5.74) is -0.368. The molecule has 0 bridgehead atoms. The normalized spacial score (nSPS) is 32.0. The molecule has 130 valence electrons. The van der Waals surface area contributed by atoms with Crippen molar-refractivity contribution in [2.75, 3.05) is 13.2 Å². The molecule has 1 aromatic rings. The van der Waals surface area contributed by atoms with Gasteiger partial charge in [0.25, 0.3) is 0 Å². The second-order valence-corrected chi connectivity index (χ2v) is 6.86. The van der Waals surface area contributed by atoms with E-state index in [-0.39, 0.29) is 18.6 Å². The van der Waals surface area contributed by atoms with Crippen LogP contribution >= 0.6 is 11.8 Å². The molecule has 5 atom stereocenters. The summed E-state index contributed by atoms with van der Waals surface area (Å²) in [5, 5.41) is 21.0. The number of ether oxygens (including phenoxy) is 3. The predicted molar refractivity (Wildman–Crippen MR) is 88.1 cm³/mol. The number of thioether (sulfide) groups is 1. The second-order valence-electron chi connectivity index (χ2n) is 5.57. The van der Waals surface area contributed by atoms with Crippen LogP contribution in [0.15, 0.2) is 35.3 Å². The lowest BCUT2D eigenvalue weighted by atomic mass is 9.99. The van der Waals surface area contributed by atoms with E-state index < -0.39 is 30.3 Å². The van der Waals surface area contributed by atoms with Crippen molar-refractivity contribution in [3.63, 3.8) is 0 Å². The van der Waals surface area contributed by atoms with Crippen molar-refractivity contribution in [1.82, 2.24) is 0 Å². The van der Waals surface area contributed by atoms with Gasteiger partial charge in [0, 0.05) is 0 Å². The minimum absolute atomic E-state index is 0.155. The molecule has 2 N–H and O–H groups in total. The predicted octanol–water partition coefficient (Wildman–Crippen LogP) is 0.589. The third-order valence-electron chi connectivity index (χ3n) is 3.79. The molecule has 2 heterocycles. The van der Waals surface area contributed by atoms with Crippen LogP contribution in [-0.2, 0) is 14.3 Å². The van der Waals surface area contributed by atoms with Gasteiger partial charge in [-0.05, 0) is 19.1 Å². The van der Waals surface area contributed by atoms with Gasteiger partial charge >= 0.3 is 5.97 Å². The van der Waals surface area contributed by atoms with E-state index >= 15 is 0 Å². The zero-order chi connectivity index (χ0) is 17.1. The summed E-state index contributed by atoms with van der Waals surface area (Å²) in [4.78, 5) is 16.0. The Labute approximate surface area is 143 Å². The Kier molecular flexibility index (Phi) is 5.40. The SMILES string of the molecule is CC1=N[C@@H]2[C@@H](O)[C@H](O)[C@@H](COC(=O)COc3ccccc3)O[C@@H]2S1. The van der Waals surface area contributed by atoms with Crippen LogP contribution in [0.3, 0.4) is 0 Å². The van der Waals surface area contributed by atoms with Crippen molar-refractivity contribution in [2.24, 2.45) is 4.99 Å². The molecule has 0 spiro atoms. The number of aliphatic hydroxyl groups is 2. The summed E-state index contributed by atoms with van der Waals surface area (Å²) in [7, 11) is 0. The zero-order valence-electron chi connectivity index (χ0n) is 13.1. The molecule has 1 aromatic carbocycles. The largest absolute Gasteiger partial charge is 0.482 e. The molecule has 0 unspecified atom stereocenters. The molecule has 0 aromatic heterocycles. The molecule has 0 saturated carbocycles. The standard InChI is InChI=1S/C16H19NO6S/c1-9-17-13-15(20)14(19)11(23-16(13)24-9)7-22-12(18)8-21-10-5-3-2-4-6-10/h2-6,11,13-16,19-20H,7-8H2,1H3/t11-,13-,14-,15-,16-/m1/s1. The molecule has 7 nitrogen and oxygen atoms in total. The van der Waals surface area contributed by atoms with Crippen LogP contribution < -0.4 is 4.74 Å². The summed E-state index contributed by atoms with van der Waals surface area (Å²) >= 11 is 1.39. The molecule has 0 aliphatic carbocycles. The van der Waals surface area contributed by atoms with Crippen LogP contribution in [0.1, 0.15) is 6.92 Å². The van der Waals surface area contributed by atoms with E-state index in [0.29, 0.717) is 5.75 Å². The number of nitrogens with zero attached hydrogens (tertiary/aromatic N) is 1. The highest BCUT2D eigenvalue weighted by molar-refractivity contribution is 8.14. The number of aliphatic imine (C=N–C) groups is 1. The molecule has 0 amide bonds. The summed E-state index contributed by atoms with van der Waals surface area (Å²) in [5.74, 6) is -0.00517. The van der Waals surface area contributed by atoms with E-state index in [2.05, 4.69) is 4.99 Å².